The molecule has 0 unspecified atom stereocenters. The molecular weight excluding hydrogens is 186 g/mol. The Kier molecular flexibility index (Phi) is 6.85. The minimum Gasteiger partial charge on any atom is -0.378 e. The summed E-state index contributed by atoms with van der Waals surface area (Å²) in [7, 11) is 5.29. The summed E-state index contributed by atoms with van der Waals surface area (Å²) < 4.78 is 0. The fraction of sp³-hybridized carbons (Fsp3) is 0.333. The van der Waals surface area contributed by atoms with E-state index in [1.807, 2.05) is 32.3 Å². The second-order valence-electron chi connectivity index (χ2n) is 3.60. The van der Waals surface area contributed by atoms with E-state index in [9.17, 15) is 0 Å². The van der Waals surface area contributed by atoms with Crippen molar-refractivity contribution in [2.24, 2.45) is 0 Å². The zero-order valence-electron chi connectivity index (χ0n) is 9.91. The van der Waals surface area contributed by atoms with Crippen LogP contribution in [-0.2, 0) is 0 Å². The van der Waals surface area contributed by atoms with Gasteiger partial charge in [0, 0.05) is 30.0 Å². The van der Waals surface area contributed by atoms with Gasteiger partial charge in [0.25, 0.3) is 0 Å². The van der Waals surface area contributed by atoms with Crippen LogP contribution in [0.3, 0.4) is 0 Å². The van der Waals surface area contributed by atoms with Gasteiger partial charge in [-0.15, -0.1) is 5.70 Å². The van der Waals surface area contributed by atoms with Crippen LogP contribution in [0.25, 0.3) is 0 Å². The molecule has 0 aliphatic heterocycles. The number of rotatable bonds is 1. The van der Waals surface area contributed by atoms with Crippen molar-refractivity contribution in [3.63, 3.8) is 0 Å². The van der Waals surface area contributed by atoms with E-state index in [-0.39, 0.29) is 0 Å². The average Bonchev–Trinajstić information content (AvgIpc) is 2.20. The van der Waals surface area contributed by atoms with Gasteiger partial charge < -0.3 is 4.90 Å². The molecule has 0 atom stereocenters. The third-order valence-corrected chi connectivity index (χ3v) is 3.00. The predicted molar refractivity (Wildman–Crippen MR) is 70.1 cm³/mol. The predicted octanol–water partition coefficient (Wildman–Crippen LogP) is 2.03. The van der Waals surface area contributed by atoms with E-state index < -0.39 is 0 Å². The van der Waals surface area contributed by atoms with Crippen LogP contribution in [0.5, 0.6) is 0 Å². The molecule has 0 saturated heterocycles. The molecule has 0 aliphatic carbocycles. The molecule has 1 aromatic carbocycles. The van der Waals surface area contributed by atoms with E-state index >= 15 is 0 Å². The van der Waals surface area contributed by atoms with Gasteiger partial charge in [-0.05, 0) is 26.0 Å². The third kappa shape index (κ3) is 6.49. The maximum Gasteiger partial charge on any atom is 0.0360 e. The van der Waals surface area contributed by atoms with Crippen molar-refractivity contribution in [3.8, 4) is 0 Å². The van der Waals surface area contributed by atoms with Crippen LogP contribution < -0.4 is 4.90 Å². The largest absolute Gasteiger partial charge is 0.378 e. The lowest BCUT2D eigenvalue weighted by molar-refractivity contribution is 1.13. The molecule has 0 heterocycles. The average molecular weight is 207 g/mol. The van der Waals surface area contributed by atoms with Gasteiger partial charge in [0.1, 0.15) is 0 Å². The molecule has 14 heavy (non-hydrogen) atoms. The summed E-state index contributed by atoms with van der Waals surface area (Å²) in [5.74, 6) is 0. The Bertz CT molecular complexity index is 261. The molecule has 0 saturated carbocycles. The molecule has 78 valence electrons. The van der Waals surface area contributed by atoms with E-state index in [0.717, 1.165) is 0 Å². The highest BCUT2D eigenvalue weighted by Gasteiger charge is 1.87. The molecule has 0 radical (unpaired) electrons. The van der Waals surface area contributed by atoms with Crippen LogP contribution in [0.15, 0.2) is 41.6 Å². The zero-order chi connectivity index (χ0) is 11.0. The molecule has 2 heteroatoms. The van der Waals surface area contributed by atoms with Gasteiger partial charge in [-0.1, -0.05) is 23.8 Å². The van der Waals surface area contributed by atoms with Crippen molar-refractivity contribution < 1.29 is 0 Å². The first-order valence-electron chi connectivity index (χ1n) is 4.89. The van der Waals surface area contributed by atoms with E-state index in [2.05, 4.69) is 36.6 Å². The first-order chi connectivity index (χ1) is 6.57. The molecule has 0 bridgehead atoms. The fourth-order valence-corrected chi connectivity index (χ4v) is 0.726. The molecule has 0 amide bonds. The molecule has 0 aromatic heterocycles. The van der Waals surface area contributed by atoms with Gasteiger partial charge in [-0.25, -0.2) is 0 Å². The van der Waals surface area contributed by atoms with Crippen LogP contribution in [0.2, 0.25) is 0 Å². The Labute approximate surface area is 90.9 Å². The highest BCUT2D eigenvalue weighted by molar-refractivity contribution is 6.17. The van der Waals surface area contributed by atoms with Gasteiger partial charge in [-0.2, -0.15) is 0 Å². The molecule has 0 spiro atoms. The van der Waals surface area contributed by atoms with Gasteiger partial charge in [0.05, 0.1) is 0 Å². The first kappa shape index (κ1) is 13.0. The number of allylic oxidation sites excluding steroid dienone is 1. The van der Waals surface area contributed by atoms with Crippen LogP contribution in [-0.4, -0.2) is 24.3 Å². The standard InChI is InChI=1S/C8H11N.C4H10Si/c1-9(2)8-6-4-3-5-7-8;1-4(2)3-5/h3-7H,1-2H3;3H,1-2,5H3. The Hall–Kier alpha value is -1.02. The molecule has 1 aromatic rings. The molecular formula is C12H21NSi. The summed E-state index contributed by atoms with van der Waals surface area (Å²) in [6.45, 7) is 4.24. The summed E-state index contributed by atoms with van der Waals surface area (Å²) in [5, 5.41) is 0. The molecule has 0 aliphatic rings. The lowest BCUT2D eigenvalue weighted by atomic mass is 10.3. The van der Waals surface area contributed by atoms with Gasteiger partial charge >= 0.3 is 0 Å². The van der Waals surface area contributed by atoms with E-state index in [1.165, 1.54) is 21.5 Å². The Morgan fingerprint density at radius 2 is 1.57 bits per heavy atom. The van der Waals surface area contributed by atoms with Gasteiger partial charge in [0.15, 0.2) is 0 Å². The minimum atomic E-state index is 1.21. The SMILES string of the molecule is CC(C)=C[SiH3].CN(C)c1ccccc1. The summed E-state index contributed by atoms with van der Waals surface area (Å²) in [6.07, 6.45) is 0. The van der Waals surface area contributed by atoms with Crippen LogP contribution in [0.4, 0.5) is 5.69 Å². The highest BCUT2D eigenvalue weighted by atomic mass is 28.1. The van der Waals surface area contributed by atoms with Crippen molar-refractivity contribution in [2.75, 3.05) is 19.0 Å². The highest BCUT2D eigenvalue weighted by Crippen LogP contribution is 2.07. The summed E-state index contributed by atoms with van der Waals surface area (Å²) in [4.78, 5) is 2.08. The second-order valence-corrected chi connectivity index (χ2v) is 4.17. The zero-order valence-corrected chi connectivity index (χ0v) is 11.9. The molecule has 1 nitrogen and oxygen atoms in total. The van der Waals surface area contributed by atoms with E-state index in [0.29, 0.717) is 0 Å². The number of hydrogen-bond donors (Lipinski definition) is 0. The molecule has 0 N–H and O–H groups in total. The first-order valence-corrected chi connectivity index (χ1v) is 6.05. The minimum absolute atomic E-state index is 1.21. The monoisotopic (exact) mass is 207 g/mol. The topological polar surface area (TPSA) is 3.24 Å². The Morgan fingerprint density at radius 1 is 1.14 bits per heavy atom. The number of nitrogens with zero attached hydrogens (tertiary/aromatic N) is 1. The molecule has 0 fully saturated rings. The summed E-state index contributed by atoms with van der Waals surface area (Å²) in [5.41, 5.74) is 4.91. The van der Waals surface area contributed by atoms with Crippen molar-refractivity contribution >= 4 is 15.9 Å². The van der Waals surface area contributed by atoms with Crippen LogP contribution >= 0.6 is 0 Å². The van der Waals surface area contributed by atoms with Crippen molar-refractivity contribution in [1.29, 1.82) is 0 Å². The normalized spacial score (nSPS) is 8.57. The van der Waals surface area contributed by atoms with Crippen LogP contribution in [0, 0.1) is 0 Å². The third-order valence-electron chi connectivity index (χ3n) is 1.85. The number of benzene rings is 1. The summed E-state index contributed by atoms with van der Waals surface area (Å²) in [6, 6.07) is 10.3. The number of para-hydroxylation sites is 1. The van der Waals surface area contributed by atoms with Gasteiger partial charge in [-0.3, -0.25) is 0 Å². The van der Waals surface area contributed by atoms with Crippen LogP contribution in [0.1, 0.15) is 13.8 Å². The lowest BCUT2D eigenvalue weighted by Crippen LogP contribution is -2.07. The number of anilines is 1. The summed E-state index contributed by atoms with van der Waals surface area (Å²) >= 11 is 0. The van der Waals surface area contributed by atoms with Crippen molar-refractivity contribution in [3.05, 3.63) is 41.6 Å². The van der Waals surface area contributed by atoms with E-state index in [4.69, 9.17) is 0 Å². The number of hydrogen-bond acceptors (Lipinski definition) is 1. The van der Waals surface area contributed by atoms with Crippen molar-refractivity contribution in [1.82, 2.24) is 0 Å². The lowest BCUT2D eigenvalue weighted by Gasteiger charge is -2.10. The maximum atomic E-state index is 2.22. The Balaban J connectivity index is 0.000000292. The maximum absolute atomic E-state index is 2.22. The van der Waals surface area contributed by atoms with Crippen molar-refractivity contribution in [2.45, 2.75) is 13.8 Å². The Morgan fingerprint density at radius 3 is 1.79 bits per heavy atom. The second kappa shape index (κ2) is 7.39. The quantitative estimate of drug-likeness (QED) is 0.637. The molecule has 1 rings (SSSR count). The van der Waals surface area contributed by atoms with E-state index in [1.54, 1.807) is 0 Å². The smallest absolute Gasteiger partial charge is 0.0360 e. The fourth-order valence-electron chi connectivity index (χ4n) is 0.726. The van der Waals surface area contributed by atoms with Gasteiger partial charge in [0.2, 0.25) is 0 Å².